The molecule has 0 spiro atoms. The van der Waals surface area contributed by atoms with Gasteiger partial charge in [-0.15, -0.1) is 0 Å². The van der Waals surface area contributed by atoms with E-state index in [0.29, 0.717) is 19.3 Å². The van der Waals surface area contributed by atoms with E-state index >= 15 is 0 Å². The third-order valence-corrected chi connectivity index (χ3v) is 12.1. The van der Waals surface area contributed by atoms with Crippen molar-refractivity contribution >= 4 is 17.9 Å². The first-order valence-electron chi connectivity index (χ1n) is 25.8. The van der Waals surface area contributed by atoms with Gasteiger partial charge in [0.2, 0.25) is 0 Å². The molecule has 0 N–H and O–H groups in total. The van der Waals surface area contributed by atoms with Gasteiger partial charge in [-0.1, -0.05) is 247 Å². The summed E-state index contributed by atoms with van der Waals surface area (Å²) in [5.41, 5.74) is 0. The van der Waals surface area contributed by atoms with Crippen molar-refractivity contribution in [1.82, 2.24) is 0 Å². The van der Waals surface area contributed by atoms with Gasteiger partial charge < -0.3 is 14.2 Å². The number of carbonyl (C=O) groups is 3. The molecule has 0 rings (SSSR count). The second-order valence-electron chi connectivity index (χ2n) is 18.5. The number of ether oxygens (including phenoxy) is 3. The lowest BCUT2D eigenvalue weighted by atomic mass is 9.99. The minimum Gasteiger partial charge on any atom is -0.462 e. The summed E-state index contributed by atoms with van der Waals surface area (Å²) in [7, 11) is 0. The van der Waals surface area contributed by atoms with E-state index < -0.39 is 6.10 Å². The maximum absolute atomic E-state index is 12.7. The lowest BCUT2D eigenvalue weighted by Crippen LogP contribution is -2.30. The molecule has 1 unspecified atom stereocenters. The van der Waals surface area contributed by atoms with E-state index in [4.69, 9.17) is 14.2 Å². The molecule has 0 heterocycles. The van der Waals surface area contributed by atoms with Crippen LogP contribution in [0.2, 0.25) is 0 Å². The van der Waals surface area contributed by atoms with Gasteiger partial charge in [-0.25, -0.2) is 0 Å². The van der Waals surface area contributed by atoms with Crippen LogP contribution in [-0.4, -0.2) is 37.2 Å². The Morgan fingerprint density at radius 1 is 0.362 bits per heavy atom. The van der Waals surface area contributed by atoms with Crippen LogP contribution in [0.4, 0.5) is 0 Å². The molecule has 0 bridgehead atoms. The van der Waals surface area contributed by atoms with Crippen molar-refractivity contribution in [2.45, 2.75) is 291 Å². The van der Waals surface area contributed by atoms with E-state index in [0.717, 1.165) is 76.0 Å². The van der Waals surface area contributed by atoms with Crippen LogP contribution < -0.4 is 0 Å². The molecule has 0 aliphatic heterocycles. The zero-order valence-electron chi connectivity index (χ0n) is 39.7. The largest absolute Gasteiger partial charge is 0.462 e. The van der Waals surface area contributed by atoms with Crippen LogP contribution in [0.1, 0.15) is 285 Å². The molecule has 0 aromatic heterocycles. The van der Waals surface area contributed by atoms with Crippen molar-refractivity contribution in [3.8, 4) is 0 Å². The third-order valence-electron chi connectivity index (χ3n) is 12.1. The molecule has 2 atom stereocenters. The second kappa shape index (κ2) is 44.9. The van der Waals surface area contributed by atoms with E-state index in [1.807, 2.05) is 0 Å². The summed E-state index contributed by atoms with van der Waals surface area (Å²) < 4.78 is 16.7. The van der Waals surface area contributed by atoms with Crippen LogP contribution >= 0.6 is 0 Å². The number of hydrogen-bond donors (Lipinski definition) is 0. The fraction of sp³-hybridized carbons (Fsp3) is 0.942. The smallest absolute Gasteiger partial charge is 0.306 e. The van der Waals surface area contributed by atoms with E-state index in [2.05, 4.69) is 34.6 Å². The predicted molar refractivity (Wildman–Crippen MR) is 247 cm³/mol. The van der Waals surface area contributed by atoms with E-state index in [1.165, 1.54) is 167 Å². The van der Waals surface area contributed by atoms with Gasteiger partial charge in [0.25, 0.3) is 0 Å². The molecule has 0 aromatic rings. The Balaban J connectivity index is 4.07. The summed E-state index contributed by atoms with van der Waals surface area (Å²) in [6.45, 7) is 11.3. The van der Waals surface area contributed by atoms with Gasteiger partial charge in [-0.05, 0) is 31.1 Å². The van der Waals surface area contributed by atoms with Gasteiger partial charge in [0.05, 0.1) is 0 Å². The zero-order valence-corrected chi connectivity index (χ0v) is 39.7. The number of esters is 3. The Bertz CT molecular complexity index is 887. The summed E-state index contributed by atoms with van der Waals surface area (Å²) in [6.07, 6.45) is 45.5. The minimum absolute atomic E-state index is 0.0651. The molecule has 344 valence electrons. The number of unbranched alkanes of at least 4 members (excludes halogenated alkanes) is 30. The Kier molecular flexibility index (Phi) is 43.7. The second-order valence-corrected chi connectivity index (χ2v) is 18.5. The van der Waals surface area contributed by atoms with Crippen LogP contribution in [-0.2, 0) is 28.6 Å². The van der Waals surface area contributed by atoms with Crippen LogP contribution in [0.5, 0.6) is 0 Å². The molecule has 6 nitrogen and oxygen atoms in total. The molecule has 0 saturated heterocycles. The SMILES string of the molecule is CCCCCCCC(=O)OC[C@H](COC(=O)CCCCCCCCCCCCC(C)C)OC(=O)CCCCCCCCCCCCCCCCCCCCC(C)CC. The van der Waals surface area contributed by atoms with Crippen molar-refractivity contribution in [2.75, 3.05) is 13.2 Å². The maximum atomic E-state index is 12.7. The number of carbonyl (C=O) groups excluding carboxylic acids is 3. The molecular formula is C52H100O6. The van der Waals surface area contributed by atoms with Gasteiger partial charge in [-0.3, -0.25) is 14.4 Å². The molecule has 0 saturated carbocycles. The first-order valence-corrected chi connectivity index (χ1v) is 25.8. The van der Waals surface area contributed by atoms with Crippen molar-refractivity contribution in [1.29, 1.82) is 0 Å². The van der Waals surface area contributed by atoms with Crippen molar-refractivity contribution in [3.63, 3.8) is 0 Å². The normalized spacial score (nSPS) is 12.5. The highest BCUT2D eigenvalue weighted by molar-refractivity contribution is 5.71. The fourth-order valence-corrected chi connectivity index (χ4v) is 7.78. The summed E-state index contributed by atoms with van der Waals surface area (Å²) in [4.78, 5) is 37.6. The first kappa shape index (κ1) is 56.4. The molecule has 0 amide bonds. The lowest BCUT2D eigenvalue weighted by molar-refractivity contribution is -0.167. The number of hydrogen-bond acceptors (Lipinski definition) is 6. The summed E-state index contributed by atoms with van der Waals surface area (Å²) in [5, 5.41) is 0. The molecular weight excluding hydrogens is 721 g/mol. The van der Waals surface area contributed by atoms with E-state index in [1.54, 1.807) is 0 Å². The zero-order chi connectivity index (χ0) is 42.6. The lowest BCUT2D eigenvalue weighted by Gasteiger charge is -2.18. The van der Waals surface area contributed by atoms with Gasteiger partial charge >= 0.3 is 17.9 Å². The standard InChI is InChI=1S/C52H100O6/c1-6-8-9-30-37-42-50(53)56-45-49(46-57-51(54)43-38-33-28-24-21-20-22-26-31-35-40-47(3)4)58-52(55)44-39-34-29-25-19-17-15-13-11-10-12-14-16-18-23-27-32-36-41-48(5)7-2/h47-49H,6-46H2,1-5H3/t48?,49-/m1/s1. The number of rotatable bonds is 46. The van der Waals surface area contributed by atoms with E-state index in [-0.39, 0.29) is 31.1 Å². The quantitative estimate of drug-likeness (QED) is 0.0346. The topological polar surface area (TPSA) is 78.9 Å². The first-order chi connectivity index (χ1) is 28.3. The summed E-state index contributed by atoms with van der Waals surface area (Å²) in [5.74, 6) is 0.864. The highest BCUT2D eigenvalue weighted by atomic mass is 16.6. The molecule has 0 aromatic carbocycles. The Labute approximate surface area is 361 Å². The predicted octanol–water partition coefficient (Wildman–Crippen LogP) is 16.5. The minimum atomic E-state index is -0.759. The van der Waals surface area contributed by atoms with Crippen LogP contribution in [0.15, 0.2) is 0 Å². The molecule has 58 heavy (non-hydrogen) atoms. The molecule has 6 heteroatoms. The van der Waals surface area contributed by atoms with Crippen LogP contribution in [0, 0.1) is 11.8 Å². The Morgan fingerprint density at radius 2 is 0.655 bits per heavy atom. The monoisotopic (exact) mass is 821 g/mol. The Morgan fingerprint density at radius 3 is 0.983 bits per heavy atom. The summed E-state index contributed by atoms with van der Waals surface area (Å²) in [6, 6.07) is 0. The Hall–Kier alpha value is -1.59. The van der Waals surface area contributed by atoms with Crippen molar-refractivity contribution < 1.29 is 28.6 Å². The molecule has 0 aliphatic rings. The average molecular weight is 821 g/mol. The van der Waals surface area contributed by atoms with Crippen molar-refractivity contribution in [3.05, 3.63) is 0 Å². The van der Waals surface area contributed by atoms with Gasteiger partial charge in [0, 0.05) is 19.3 Å². The van der Waals surface area contributed by atoms with Gasteiger partial charge in [0.1, 0.15) is 13.2 Å². The van der Waals surface area contributed by atoms with Gasteiger partial charge in [0.15, 0.2) is 6.10 Å². The highest BCUT2D eigenvalue weighted by Crippen LogP contribution is 2.18. The molecule has 0 fully saturated rings. The van der Waals surface area contributed by atoms with Crippen molar-refractivity contribution in [2.24, 2.45) is 11.8 Å². The molecule has 0 radical (unpaired) electrons. The van der Waals surface area contributed by atoms with Crippen LogP contribution in [0.3, 0.4) is 0 Å². The third kappa shape index (κ3) is 44.0. The average Bonchev–Trinajstić information content (AvgIpc) is 3.21. The van der Waals surface area contributed by atoms with E-state index in [9.17, 15) is 14.4 Å². The summed E-state index contributed by atoms with van der Waals surface area (Å²) >= 11 is 0. The molecule has 0 aliphatic carbocycles. The van der Waals surface area contributed by atoms with Gasteiger partial charge in [-0.2, -0.15) is 0 Å². The highest BCUT2D eigenvalue weighted by Gasteiger charge is 2.19. The fourth-order valence-electron chi connectivity index (χ4n) is 7.78. The maximum Gasteiger partial charge on any atom is 0.306 e. The van der Waals surface area contributed by atoms with Crippen LogP contribution in [0.25, 0.3) is 0 Å².